The third-order valence-electron chi connectivity index (χ3n) is 5.83. The molecule has 4 aromatic rings. The largest absolute Gasteiger partial charge is 0.337 e. The highest BCUT2D eigenvalue weighted by Crippen LogP contribution is 2.34. The van der Waals surface area contributed by atoms with Crippen LogP contribution in [-0.2, 0) is 20.9 Å². The molecular weight excluding hydrogens is 534 g/mol. The van der Waals surface area contributed by atoms with Gasteiger partial charge < -0.3 is 9.88 Å². The Hall–Kier alpha value is -4.47. The fourth-order valence-electron chi connectivity index (χ4n) is 4.11. The van der Waals surface area contributed by atoms with E-state index in [1.807, 2.05) is 0 Å². The molecule has 1 fully saturated rings. The number of imide groups is 2. The zero-order valence-corrected chi connectivity index (χ0v) is 20.9. The Morgan fingerprint density at radius 2 is 1.71 bits per heavy atom. The van der Waals surface area contributed by atoms with Crippen molar-refractivity contribution in [1.29, 1.82) is 0 Å². The summed E-state index contributed by atoms with van der Waals surface area (Å²) in [6.07, 6.45) is 2.97. The van der Waals surface area contributed by atoms with Gasteiger partial charge in [0.1, 0.15) is 17.9 Å². The van der Waals surface area contributed by atoms with Crippen LogP contribution in [0.2, 0.25) is 10.0 Å². The monoisotopic (exact) mass is 550 g/mol. The summed E-state index contributed by atoms with van der Waals surface area (Å²) in [6, 6.07) is 16.0. The van der Waals surface area contributed by atoms with Gasteiger partial charge in [0, 0.05) is 28.4 Å². The third kappa shape index (κ3) is 4.77. The van der Waals surface area contributed by atoms with Crippen LogP contribution in [0.25, 0.3) is 17.0 Å². The van der Waals surface area contributed by atoms with Gasteiger partial charge in [-0.1, -0.05) is 47.5 Å². The lowest BCUT2D eigenvalue weighted by molar-refractivity contribution is -0.122. The van der Waals surface area contributed by atoms with Crippen LogP contribution in [0.5, 0.6) is 0 Å². The van der Waals surface area contributed by atoms with Gasteiger partial charge in [-0.2, -0.15) is 0 Å². The van der Waals surface area contributed by atoms with E-state index in [9.17, 15) is 23.6 Å². The molecule has 0 saturated carbocycles. The Bertz CT molecular complexity index is 1660. The molecule has 1 aliphatic rings. The van der Waals surface area contributed by atoms with E-state index in [4.69, 9.17) is 23.2 Å². The number of benzene rings is 3. The summed E-state index contributed by atoms with van der Waals surface area (Å²) < 4.78 is 14.8. The lowest BCUT2D eigenvalue weighted by atomic mass is 10.1. The van der Waals surface area contributed by atoms with Crippen molar-refractivity contribution in [3.63, 3.8) is 0 Å². The fourth-order valence-corrected chi connectivity index (χ4v) is 4.49. The molecule has 8 nitrogen and oxygen atoms in total. The van der Waals surface area contributed by atoms with E-state index in [2.05, 4.69) is 10.6 Å². The van der Waals surface area contributed by atoms with Crippen LogP contribution >= 0.6 is 23.2 Å². The zero-order chi connectivity index (χ0) is 27.0. The number of para-hydroxylation sites is 1. The SMILES string of the molecule is O=C(Cn1cc(/C=C2\C(=O)NC(=O)N(c3cccc(Cl)c3Cl)C2=O)c2ccccc21)Nc1ccc(F)cc1. The van der Waals surface area contributed by atoms with E-state index in [1.165, 1.54) is 48.5 Å². The number of anilines is 2. The van der Waals surface area contributed by atoms with E-state index >= 15 is 0 Å². The number of nitrogens with zero attached hydrogens (tertiary/aromatic N) is 2. The molecule has 5 amide bonds. The number of nitrogens with one attached hydrogen (secondary N) is 2. The van der Waals surface area contributed by atoms with Gasteiger partial charge >= 0.3 is 6.03 Å². The number of aromatic nitrogens is 1. The second kappa shape index (κ2) is 10.1. The second-order valence-electron chi connectivity index (χ2n) is 8.32. The highest BCUT2D eigenvalue weighted by atomic mass is 35.5. The molecule has 0 atom stereocenters. The van der Waals surface area contributed by atoms with Crippen molar-refractivity contribution >= 4 is 75.3 Å². The van der Waals surface area contributed by atoms with Crippen LogP contribution in [-0.4, -0.2) is 28.3 Å². The van der Waals surface area contributed by atoms with Crippen molar-refractivity contribution in [1.82, 2.24) is 9.88 Å². The number of fused-ring (bicyclic) bond motifs is 1. The number of hydrogen-bond acceptors (Lipinski definition) is 4. The predicted molar refractivity (Wildman–Crippen MR) is 142 cm³/mol. The molecule has 3 aromatic carbocycles. The number of carbonyl (C=O) groups is 4. The van der Waals surface area contributed by atoms with Gasteiger partial charge in [0.25, 0.3) is 11.8 Å². The van der Waals surface area contributed by atoms with Crippen molar-refractivity contribution in [3.8, 4) is 0 Å². The summed E-state index contributed by atoms with van der Waals surface area (Å²) in [5, 5.41) is 5.63. The summed E-state index contributed by atoms with van der Waals surface area (Å²) in [5.74, 6) is -2.54. The fraction of sp³-hybridized carbons (Fsp3) is 0.0370. The number of carbonyl (C=O) groups excluding carboxylic acids is 4. The number of hydrogen-bond donors (Lipinski definition) is 2. The van der Waals surface area contributed by atoms with E-state index in [-0.39, 0.29) is 33.8 Å². The topological polar surface area (TPSA) is 101 Å². The van der Waals surface area contributed by atoms with Crippen LogP contribution in [0.15, 0.2) is 78.5 Å². The Kier molecular flexibility index (Phi) is 6.71. The molecule has 1 aromatic heterocycles. The van der Waals surface area contributed by atoms with E-state index < -0.39 is 23.7 Å². The maximum absolute atomic E-state index is 13.3. The first-order valence-electron chi connectivity index (χ1n) is 11.2. The maximum atomic E-state index is 13.3. The number of amides is 5. The predicted octanol–water partition coefficient (Wildman–Crippen LogP) is 5.39. The van der Waals surface area contributed by atoms with Gasteiger partial charge in [0.05, 0.1) is 15.7 Å². The molecule has 1 saturated heterocycles. The molecular formula is C27H17Cl2FN4O4. The van der Waals surface area contributed by atoms with E-state index in [0.717, 1.165) is 4.90 Å². The number of halogens is 3. The molecule has 0 unspecified atom stereocenters. The normalized spacial score (nSPS) is 14.8. The average Bonchev–Trinajstić information content (AvgIpc) is 3.22. The molecule has 0 aliphatic carbocycles. The molecule has 5 rings (SSSR count). The summed E-state index contributed by atoms with van der Waals surface area (Å²) in [4.78, 5) is 52.0. The van der Waals surface area contributed by atoms with Gasteiger partial charge in [-0.3, -0.25) is 19.7 Å². The number of rotatable bonds is 5. The minimum Gasteiger partial charge on any atom is -0.337 e. The molecule has 0 radical (unpaired) electrons. The van der Waals surface area contributed by atoms with Crippen LogP contribution in [0.3, 0.4) is 0 Å². The molecule has 11 heteroatoms. The molecule has 2 N–H and O–H groups in total. The van der Waals surface area contributed by atoms with E-state index in [0.29, 0.717) is 22.2 Å². The van der Waals surface area contributed by atoms with Crippen molar-refractivity contribution in [3.05, 3.63) is 99.9 Å². The molecule has 190 valence electrons. The Morgan fingerprint density at radius 1 is 0.974 bits per heavy atom. The third-order valence-corrected chi connectivity index (χ3v) is 6.64. The smallest absolute Gasteiger partial charge is 0.336 e. The highest BCUT2D eigenvalue weighted by molar-refractivity contribution is 6.46. The lowest BCUT2D eigenvalue weighted by Gasteiger charge is -2.27. The summed E-state index contributed by atoms with van der Waals surface area (Å²) >= 11 is 12.3. The quantitative estimate of drug-likeness (QED) is 0.257. The van der Waals surface area contributed by atoms with Crippen molar-refractivity contribution < 1.29 is 23.6 Å². The molecule has 0 spiro atoms. The van der Waals surface area contributed by atoms with Gasteiger partial charge in [0.15, 0.2) is 0 Å². The van der Waals surface area contributed by atoms with Crippen molar-refractivity contribution in [2.45, 2.75) is 6.54 Å². The van der Waals surface area contributed by atoms with E-state index in [1.54, 1.807) is 35.0 Å². The minimum atomic E-state index is -0.957. The first-order chi connectivity index (χ1) is 18.2. The van der Waals surface area contributed by atoms with Crippen molar-refractivity contribution in [2.24, 2.45) is 0 Å². The second-order valence-corrected chi connectivity index (χ2v) is 9.10. The Labute approximate surface area is 225 Å². The van der Waals surface area contributed by atoms with Gasteiger partial charge in [-0.05, 0) is 48.5 Å². The minimum absolute atomic E-state index is 0.0184. The highest BCUT2D eigenvalue weighted by Gasteiger charge is 2.38. The number of urea groups is 1. The lowest BCUT2D eigenvalue weighted by Crippen LogP contribution is -2.54. The first-order valence-corrected chi connectivity index (χ1v) is 12.0. The first kappa shape index (κ1) is 25.2. The van der Waals surface area contributed by atoms with Crippen LogP contribution < -0.4 is 15.5 Å². The molecule has 0 bridgehead atoms. The molecule has 38 heavy (non-hydrogen) atoms. The van der Waals surface area contributed by atoms with Gasteiger partial charge in [-0.25, -0.2) is 14.1 Å². The molecule has 1 aliphatic heterocycles. The average molecular weight is 551 g/mol. The maximum Gasteiger partial charge on any atom is 0.336 e. The Morgan fingerprint density at radius 3 is 2.47 bits per heavy atom. The number of barbiturate groups is 1. The van der Waals surface area contributed by atoms with Gasteiger partial charge in [0.2, 0.25) is 5.91 Å². The molecule has 2 heterocycles. The van der Waals surface area contributed by atoms with Crippen LogP contribution in [0, 0.1) is 5.82 Å². The van der Waals surface area contributed by atoms with Crippen LogP contribution in [0.4, 0.5) is 20.6 Å². The standard InChI is InChI=1S/C27H17Cl2FN4O4/c28-20-5-3-7-22(24(20)29)34-26(37)19(25(36)32-27(34)38)12-15-13-33(21-6-2-1-4-18(15)21)14-23(35)31-17-10-8-16(30)9-11-17/h1-13H,14H2,(H,31,35)(H,32,36,38)/b19-12+. The zero-order valence-electron chi connectivity index (χ0n) is 19.4. The Balaban J connectivity index is 1.49. The van der Waals surface area contributed by atoms with Gasteiger partial charge in [-0.15, -0.1) is 0 Å². The van der Waals surface area contributed by atoms with Crippen molar-refractivity contribution in [2.75, 3.05) is 10.2 Å². The summed E-state index contributed by atoms with van der Waals surface area (Å²) in [7, 11) is 0. The summed E-state index contributed by atoms with van der Waals surface area (Å²) in [6.45, 7) is -0.0933. The summed E-state index contributed by atoms with van der Waals surface area (Å²) in [5.41, 5.74) is 1.30. The van der Waals surface area contributed by atoms with Crippen LogP contribution in [0.1, 0.15) is 5.56 Å².